The Kier molecular flexibility index (Phi) is 4.91. The van der Waals surface area contributed by atoms with Gasteiger partial charge in [-0.15, -0.1) is 0 Å². The van der Waals surface area contributed by atoms with Gasteiger partial charge in [-0.05, 0) is 49.2 Å². The molecule has 0 spiro atoms. The molecular weight excluding hydrogens is 330 g/mol. The van der Waals surface area contributed by atoms with E-state index in [0.29, 0.717) is 10.6 Å². The third-order valence-electron chi connectivity index (χ3n) is 4.30. The van der Waals surface area contributed by atoms with Crippen molar-refractivity contribution >= 4 is 15.7 Å². The summed E-state index contributed by atoms with van der Waals surface area (Å²) in [6.45, 7) is 3.93. The zero-order chi connectivity index (χ0) is 17.9. The minimum Gasteiger partial charge on any atom is -0.259 e. The minimum absolute atomic E-state index is 0.291. The quantitative estimate of drug-likeness (QED) is 0.652. The van der Waals surface area contributed by atoms with Crippen molar-refractivity contribution in [1.82, 2.24) is 0 Å². The summed E-state index contributed by atoms with van der Waals surface area (Å²) in [5, 5.41) is 0. The van der Waals surface area contributed by atoms with Gasteiger partial charge in [-0.25, -0.2) is 8.42 Å². The molecule has 0 saturated carbocycles. The number of rotatable bonds is 5. The monoisotopic (exact) mass is 351 g/mol. The molecule has 0 N–H and O–H groups in total. The molecule has 0 aliphatic carbocycles. The highest BCUT2D eigenvalue weighted by molar-refractivity contribution is 7.92. The first-order valence-corrected chi connectivity index (χ1v) is 9.66. The predicted octanol–water partition coefficient (Wildman–Crippen LogP) is 4.95. The van der Waals surface area contributed by atoms with Crippen LogP contribution >= 0.6 is 0 Å². The van der Waals surface area contributed by atoms with Gasteiger partial charge >= 0.3 is 0 Å². The van der Waals surface area contributed by atoms with Crippen LogP contribution in [0.4, 0.5) is 5.69 Å². The fraction of sp³-hybridized carbons (Fsp3) is 0.143. The Labute approximate surface area is 149 Å². The SMILES string of the molecule is Cc1ccccc1[C@@H](C)N(c1ccccc1)S(=O)(=O)c1ccccc1. The van der Waals surface area contributed by atoms with Gasteiger partial charge in [0.25, 0.3) is 10.0 Å². The molecule has 0 heterocycles. The molecule has 4 heteroatoms. The first-order chi connectivity index (χ1) is 12.0. The van der Waals surface area contributed by atoms with Crippen LogP contribution in [-0.4, -0.2) is 8.42 Å². The molecule has 3 aromatic carbocycles. The van der Waals surface area contributed by atoms with Crippen molar-refractivity contribution in [2.45, 2.75) is 24.8 Å². The third-order valence-corrected chi connectivity index (χ3v) is 6.21. The molecule has 0 fully saturated rings. The van der Waals surface area contributed by atoms with E-state index >= 15 is 0 Å². The lowest BCUT2D eigenvalue weighted by Crippen LogP contribution is -2.34. The number of para-hydroxylation sites is 1. The number of sulfonamides is 1. The maximum Gasteiger partial charge on any atom is 0.264 e. The Morgan fingerprint density at radius 2 is 1.28 bits per heavy atom. The zero-order valence-corrected chi connectivity index (χ0v) is 15.1. The Morgan fingerprint density at radius 1 is 0.760 bits per heavy atom. The standard InChI is InChI=1S/C21H21NO2S/c1-17-11-9-10-16-21(17)18(2)22(19-12-5-3-6-13-19)25(23,24)20-14-7-4-8-15-20/h3-16,18H,1-2H3/t18-/m1/s1. The summed E-state index contributed by atoms with van der Waals surface area (Å²) < 4.78 is 28.3. The highest BCUT2D eigenvalue weighted by Crippen LogP contribution is 2.34. The van der Waals surface area contributed by atoms with Crippen LogP contribution in [0.25, 0.3) is 0 Å². The van der Waals surface area contributed by atoms with Gasteiger partial charge in [0.1, 0.15) is 0 Å². The highest BCUT2D eigenvalue weighted by atomic mass is 32.2. The number of hydrogen-bond acceptors (Lipinski definition) is 2. The van der Waals surface area contributed by atoms with Gasteiger partial charge < -0.3 is 0 Å². The molecule has 0 saturated heterocycles. The van der Waals surface area contributed by atoms with Crippen LogP contribution in [0.1, 0.15) is 24.1 Å². The molecule has 0 aromatic heterocycles. The normalized spacial score (nSPS) is 12.6. The Balaban J connectivity index is 2.16. The van der Waals surface area contributed by atoms with Gasteiger partial charge in [0.05, 0.1) is 16.6 Å². The summed E-state index contributed by atoms with van der Waals surface area (Å²) in [7, 11) is -3.68. The second kappa shape index (κ2) is 7.11. The van der Waals surface area contributed by atoms with E-state index in [-0.39, 0.29) is 6.04 Å². The van der Waals surface area contributed by atoms with Crippen molar-refractivity contribution in [3.05, 3.63) is 96.1 Å². The van der Waals surface area contributed by atoms with Crippen molar-refractivity contribution in [2.24, 2.45) is 0 Å². The lowest BCUT2D eigenvalue weighted by molar-refractivity contribution is 0.582. The van der Waals surface area contributed by atoms with Crippen molar-refractivity contribution in [2.75, 3.05) is 4.31 Å². The molecule has 128 valence electrons. The number of anilines is 1. The van der Waals surface area contributed by atoms with Crippen molar-refractivity contribution in [1.29, 1.82) is 0 Å². The molecule has 25 heavy (non-hydrogen) atoms. The topological polar surface area (TPSA) is 37.4 Å². The van der Waals surface area contributed by atoms with E-state index in [4.69, 9.17) is 0 Å². The fourth-order valence-electron chi connectivity index (χ4n) is 3.03. The number of benzene rings is 3. The Bertz CT molecular complexity index is 938. The van der Waals surface area contributed by atoms with Crippen molar-refractivity contribution in [3.8, 4) is 0 Å². The molecule has 0 amide bonds. The molecule has 1 atom stereocenters. The summed E-state index contributed by atoms with van der Waals surface area (Å²) >= 11 is 0. The van der Waals surface area contributed by atoms with Crippen molar-refractivity contribution in [3.63, 3.8) is 0 Å². The predicted molar refractivity (Wildman–Crippen MR) is 102 cm³/mol. The van der Waals surface area contributed by atoms with Crippen LogP contribution in [0, 0.1) is 6.92 Å². The highest BCUT2D eigenvalue weighted by Gasteiger charge is 2.30. The number of nitrogens with zero attached hydrogens (tertiary/aromatic N) is 1. The minimum atomic E-state index is -3.68. The van der Waals surface area contributed by atoms with Gasteiger partial charge in [-0.1, -0.05) is 60.7 Å². The Hall–Kier alpha value is -2.59. The summed E-state index contributed by atoms with van der Waals surface area (Å²) in [6, 6.07) is 25.4. The molecule has 0 radical (unpaired) electrons. The van der Waals surface area contributed by atoms with E-state index in [1.54, 1.807) is 24.3 Å². The molecule has 0 bridgehead atoms. The lowest BCUT2D eigenvalue weighted by Gasteiger charge is -2.31. The summed E-state index contributed by atoms with van der Waals surface area (Å²) in [5.41, 5.74) is 2.71. The summed E-state index contributed by atoms with van der Waals surface area (Å²) in [4.78, 5) is 0.291. The van der Waals surface area contributed by atoms with E-state index in [9.17, 15) is 8.42 Å². The maximum atomic E-state index is 13.4. The number of aryl methyl sites for hydroxylation is 1. The van der Waals surface area contributed by atoms with E-state index in [0.717, 1.165) is 11.1 Å². The molecule has 0 unspecified atom stereocenters. The van der Waals surface area contributed by atoms with Crippen molar-refractivity contribution < 1.29 is 8.42 Å². The fourth-order valence-corrected chi connectivity index (χ4v) is 4.69. The zero-order valence-electron chi connectivity index (χ0n) is 14.3. The first kappa shape index (κ1) is 17.2. The van der Waals surface area contributed by atoms with Gasteiger partial charge in [-0.3, -0.25) is 4.31 Å². The van der Waals surface area contributed by atoms with Crippen LogP contribution in [0.3, 0.4) is 0 Å². The smallest absolute Gasteiger partial charge is 0.259 e. The third kappa shape index (κ3) is 3.44. The molecular formula is C21H21NO2S. The molecule has 3 nitrogen and oxygen atoms in total. The Morgan fingerprint density at radius 3 is 1.88 bits per heavy atom. The lowest BCUT2D eigenvalue weighted by atomic mass is 10.0. The molecule has 3 rings (SSSR count). The number of hydrogen-bond donors (Lipinski definition) is 0. The van der Waals surface area contributed by atoms with E-state index in [1.165, 1.54) is 4.31 Å². The van der Waals surface area contributed by atoms with Crippen LogP contribution in [0.2, 0.25) is 0 Å². The van der Waals surface area contributed by atoms with E-state index in [1.807, 2.05) is 74.5 Å². The van der Waals surface area contributed by atoms with Crippen LogP contribution in [-0.2, 0) is 10.0 Å². The van der Waals surface area contributed by atoms with Gasteiger partial charge in [-0.2, -0.15) is 0 Å². The molecule has 3 aromatic rings. The van der Waals surface area contributed by atoms with E-state index in [2.05, 4.69) is 0 Å². The second-order valence-corrected chi connectivity index (χ2v) is 7.80. The first-order valence-electron chi connectivity index (χ1n) is 8.22. The van der Waals surface area contributed by atoms with Crippen LogP contribution in [0.5, 0.6) is 0 Å². The molecule has 0 aliphatic heterocycles. The molecule has 0 aliphatic rings. The van der Waals surface area contributed by atoms with Crippen LogP contribution < -0.4 is 4.31 Å². The summed E-state index contributed by atoms with van der Waals surface area (Å²) in [6.07, 6.45) is 0. The average Bonchev–Trinajstić information content (AvgIpc) is 2.63. The maximum absolute atomic E-state index is 13.4. The van der Waals surface area contributed by atoms with Gasteiger partial charge in [0.15, 0.2) is 0 Å². The van der Waals surface area contributed by atoms with Gasteiger partial charge in [0.2, 0.25) is 0 Å². The second-order valence-electron chi connectivity index (χ2n) is 5.98. The average molecular weight is 351 g/mol. The van der Waals surface area contributed by atoms with Crippen LogP contribution in [0.15, 0.2) is 89.8 Å². The van der Waals surface area contributed by atoms with E-state index < -0.39 is 10.0 Å². The van der Waals surface area contributed by atoms with Gasteiger partial charge in [0, 0.05) is 0 Å². The largest absolute Gasteiger partial charge is 0.264 e. The summed E-state index contributed by atoms with van der Waals surface area (Å²) in [5.74, 6) is 0.